The quantitative estimate of drug-likeness (QED) is 0.663. The van der Waals surface area contributed by atoms with Crippen molar-refractivity contribution in [2.24, 2.45) is 0 Å². The predicted octanol–water partition coefficient (Wildman–Crippen LogP) is 2.91. The molecule has 1 aromatic rings. The van der Waals surface area contributed by atoms with E-state index < -0.39 is 11.7 Å². The van der Waals surface area contributed by atoms with E-state index in [9.17, 15) is 4.39 Å². The molecule has 0 fully saturated rings. The number of rotatable bonds is 3. The van der Waals surface area contributed by atoms with Gasteiger partial charge in [-0.15, -0.1) is 0 Å². The second-order valence-corrected chi connectivity index (χ2v) is 2.82. The van der Waals surface area contributed by atoms with E-state index >= 15 is 0 Å². The number of alkyl halides is 2. The van der Waals surface area contributed by atoms with Crippen LogP contribution in [0.2, 0.25) is 0 Å². The van der Waals surface area contributed by atoms with Crippen LogP contribution in [0.5, 0.6) is 0 Å². The van der Waals surface area contributed by atoms with Gasteiger partial charge in [-0.3, -0.25) is 0 Å². The molecule has 2 unspecified atom stereocenters. The Morgan fingerprint density at radius 2 is 1.92 bits per heavy atom. The Labute approximate surface area is 76.1 Å². The lowest BCUT2D eigenvalue weighted by atomic mass is 10.1. The Balaban J connectivity index is 2.80. The summed E-state index contributed by atoms with van der Waals surface area (Å²) in [6, 6.07) is 9.06. The Morgan fingerprint density at radius 3 is 2.33 bits per heavy atom. The third kappa shape index (κ3) is 2.19. The standard InChI is InChI=1S/C9H10ClFO/c1-12-8(9(10)11)7-5-3-2-4-6-7/h2-6,8-9H,1H3. The molecule has 0 saturated carbocycles. The molecule has 0 aliphatic heterocycles. The molecule has 1 nitrogen and oxygen atoms in total. The summed E-state index contributed by atoms with van der Waals surface area (Å²) in [5.74, 6) is 0. The van der Waals surface area contributed by atoms with Crippen LogP contribution in [0, 0.1) is 0 Å². The van der Waals surface area contributed by atoms with Crippen LogP contribution in [0.4, 0.5) is 4.39 Å². The van der Waals surface area contributed by atoms with Crippen molar-refractivity contribution < 1.29 is 9.13 Å². The number of hydrogen-bond acceptors (Lipinski definition) is 1. The Hall–Kier alpha value is -0.600. The number of ether oxygens (including phenoxy) is 1. The van der Waals surface area contributed by atoms with E-state index in [-0.39, 0.29) is 0 Å². The zero-order chi connectivity index (χ0) is 8.97. The molecule has 1 rings (SSSR count). The molecule has 0 amide bonds. The summed E-state index contributed by atoms with van der Waals surface area (Å²) in [6.07, 6.45) is -0.673. The second-order valence-electron chi connectivity index (χ2n) is 2.40. The van der Waals surface area contributed by atoms with Gasteiger partial charge in [-0.05, 0) is 5.56 Å². The predicted molar refractivity (Wildman–Crippen MR) is 46.9 cm³/mol. The third-order valence-corrected chi connectivity index (χ3v) is 1.84. The summed E-state index contributed by atoms with van der Waals surface area (Å²) in [6.45, 7) is 0. The normalized spacial score (nSPS) is 15.6. The van der Waals surface area contributed by atoms with Crippen molar-refractivity contribution in [2.75, 3.05) is 7.11 Å². The minimum Gasteiger partial charge on any atom is -0.372 e. The average molecular weight is 189 g/mol. The van der Waals surface area contributed by atoms with E-state index in [1.54, 1.807) is 12.1 Å². The van der Waals surface area contributed by atoms with Crippen LogP contribution in [-0.2, 0) is 4.74 Å². The molecule has 0 N–H and O–H groups in total. The zero-order valence-corrected chi connectivity index (χ0v) is 7.46. The van der Waals surface area contributed by atoms with Crippen molar-refractivity contribution in [1.29, 1.82) is 0 Å². The maximum absolute atomic E-state index is 12.7. The summed E-state index contributed by atoms with van der Waals surface area (Å²) < 4.78 is 17.6. The van der Waals surface area contributed by atoms with Gasteiger partial charge in [0, 0.05) is 7.11 Å². The minimum absolute atomic E-state index is 0.673. The summed E-state index contributed by atoms with van der Waals surface area (Å²) in [5, 5.41) is 0. The highest BCUT2D eigenvalue weighted by Crippen LogP contribution is 2.24. The monoisotopic (exact) mass is 188 g/mol. The fraction of sp³-hybridized carbons (Fsp3) is 0.333. The van der Waals surface area contributed by atoms with Crippen LogP contribution >= 0.6 is 11.6 Å². The first kappa shape index (κ1) is 9.49. The van der Waals surface area contributed by atoms with Crippen LogP contribution in [-0.4, -0.2) is 12.7 Å². The van der Waals surface area contributed by atoms with E-state index in [1.165, 1.54) is 7.11 Å². The van der Waals surface area contributed by atoms with E-state index in [1.807, 2.05) is 18.2 Å². The summed E-state index contributed by atoms with van der Waals surface area (Å²) in [5.41, 5.74) is -0.750. The summed E-state index contributed by atoms with van der Waals surface area (Å²) >= 11 is 5.29. The van der Waals surface area contributed by atoms with Gasteiger partial charge in [0.1, 0.15) is 6.10 Å². The molecule has 3 heteroatoms. The average Bonchev–Trinajstić information content (AvgIpc) is 2.07. The smallest absolute Gasteiger partial charge is 0.203 e. The second kappa shape index (κ2) is 4.43. The van der Waals surface area contributed by atoms with Gasteiger partial charge < -0.3 is 4.74 Å². The molecule has 0 aliphatic carbocycles. The highest BCUT2D eigenvalue weighted by molar-refractivity contribution is 6.20. The topological polar surface area (TPSA) is 9.23 Å². The van der Waals surface area contributed by atoms with E-state index in [4.69, 9.17) is 16.3 Å². The van der Waals surface area contributed by atoms with Crippen molar-refractivity contribution in [3.63, 3.8) is 0 Å². The maximum Gasteiger partial charge on any atom is 0.203 e. The molecule has 1 aromatic carbocycles. The Morgan fingerprint density at radius 1 is 1.33 bits per heavy atom. The molecule has 0 spiro atoms. The minimum atomic E-state index is -1.50. The number of halogens is 2. The molecule has 0 saturated heterocycles. The van der Waals surface area contributed by atoms with Crippen molar-refractivity contribution in [2.45, 2.75) is 11.7 Å². The lowest BCUT2D eigenvalue weighted by Gasteiger charge is -2.14. The van der Waals surface area contributed by atoms with Crippen LogP contribution in [0.1, 0.15) is 11.7 Å². The zero-order valence-electron chi connectivity index (χ0n) is 6.71. The largest absolute Gasteiger partial charge is 0.372 e. The van der Waals surface area contributed by atoms with Crippen LogP contribution < -0.4 is 0 Å². The molecule has 0 heterocycles. The van der Waals surface area contributed by atoms with E-state index in [0.29, 0.717) is 0 Å². The Bertz CT molecular complexity index is 225. The molecule has 0 aliphatic rings. The number of benzene rings is 1. The van der Waals surface area contributed by atoms with Gasteiger partial charge in [0.05, 0.1) is 0 Å². The van der Waals surface area contributed by atoms with Gasteiger partial charge in [0.2, 0.25) is 5.63 Å². The fourth-order valence-corrected chi connectivity index (χ4v) is 1.28. The Kier molecular flexibility index (Phi) is 3.50. The molecule has 0 aromatic heterocycles. The van der Waals surface area contributed by atoms with Crippen molar-refractivity contribution in [3.8, 4) is 0 Å². The van der Waals surface area contributed by atoms with Crippen molar-refractivity contribution >= 4 is 11.6 Å². The highest BCUT2D eigenvalue weighted by atomic mass is 35.5. The number of methoxy groups -OCH3 is 1. The van der Waals surface area contributed by atoms with Gasteiger partial charge in [0.15, 0.2) is 0 Å². The molecular formula is C9H10ClFO. The lowest BCUT2D eigenvalue weighted by molar-refractivity contribution is 0.0634. The van der Waals surface area contributed by atoms with Crippen molar-refractivity contribution in [1.82, 2.24) is 0 Å². The molecule has 2 atom stereocenters. The first-order valence-corrected chi connectivity index (χ1v) is 4.05. The number of hydrogen-bond donors (Lipinski definition) is 0. The van der Waals surface area contributed by atoms with Gasteiger partial charge >= 0.3 is 0 Å². The van der Waals surface area contributed by atoms with Crippen LogP contribution in [0.15, 0.2) is 30.3 Å². The van der Waals surface area contributed by atoms with Crippen LogP contribution in [0.3, 0.4) is 0 Å². The highest BCUT2D eigenvalue weighted by Gasteiger charge is 2.19. The fourth-order valence-electron chi connectivity index (χ4n) is 1.03. The summed E-state index contributed by atoms with van der Waals surface area (Å²) in [4.78, 5) is 0. The third-order valence-electron chi connectivity index (χ3n) is 1.61. The van der Waals surface area contributed by atoms with Gasteiger partial charge in [-0.25, -0.2) is 4.39 Å². The molecule has 0 radical (unpaired) electrons. The molecule has 0 bridgehead atoms. The molecule has 66 valence electrons. The van der Waals surface area contributed by atoms with Gasteiger partial charge in [0.25, 0.3) is 0 Å². The van der Waals surface area contributed by atoms with E-state index in [0.717, 1.165) is 5.56 Å². The van der Waals surface area contributed by atoms with Gasteiger partial charge in [-0.2, -0.15) is 0 Å². The van der Waals surface area contributed by atoms with E-state index in [2.05, 4.69) is 0 Å². The van der Waals surface area contributed by atoms with Gasteiger partial charge in [-0.1, -0.05) is 41.9 Å². The van der Waals surface area contributed by atoms with Crippen molar-refractivity contribution in [3.05, 3.63) is 35.9 Å². The SMILES string of the molecule is COC(c1ccccc1)C(F)Cl. The summed E-state index contributed by atoms with van der Waals surface area (Å²) in [7, 11) is 1.44. The molecule has 12 heavy (non-hydrogen) atoms. The lowest BCUT2D eigenvalue weighted by Crippen LogP contribution is -2.09. The van der Waals surface area contributed by atoms with Crippen LogP contribution in [0.25, 0.3) is 0 Å². The first-order valence-electron chi connectivity index (χ1n) is 3.61. The maximum atomic E-state index is 12.7. The molecular weight excluding hydrogens is 179 g/mol. The first-order chi connectivity index (χ1) is 5.75.